The number of aliphatic carboxylic acids is 1. The number of carboxylic acid groups (broad SMARTS) is 1. The highest BCUT2D eigenvalue weighted by atomic mass is 32.2. The summed E-state index contributed by atoms with van der Waals surface area (Å²) in [5.74, 6) is -3.18. The van der Waals surface area contributed by atoms with Gasteiger partial charge in [-0.1, -0.05) is 48.5 Å². The highest BCUT2D eigenvalue weighted by molar-refractivity contribution is 7.92. The van der Waals surface area contributed by atoms with E-state index in [0.717, 1.165) is 18.9 Å². The van der Waals surface area contributed by atoms with Crippen LogP contribution in [0.15, 0.2) is 77.7 Å². The molecule has 1 heterocycles. The lowest BCUT2D eigenvalue weighted by molar-refractivity contribution is -0.206. The van der Waals surface area contributed by atoms with Crippen molar-refractivity contribution in [1.82, 2.24) is 4.90 Å². The van der Waals surface area contributed by atoms with Gasteiger partial charge in [0.25, 0.3) is 21.8 Å². The number of carbonyl (C=O) groups is 3. The number of nitrogens with one attached hydrogen (secondary N) is 1. The third-order valence-corrected chi connectivity index (χ3v) is 6.98. The maximum absolute atomic E-state index is 12.9. The van der Waals surface area contributed by atoms with Gasteiger partial charge in [0, 0.05) is 6.07 Å². The minimum Gasteiger partial charge on any atom is -0.480 e. The fraction of sp³-hybridized carbons (Fsp3) is 0.192. The molecule has 192 valence electrons. The Kier molecular flexibility index (Phi) is 7.85. The lowest BCUT2D eigenvalue weighted by atomic mass is 10.1. The molecule has 0 fully saturated rings. The van der Waals surface area contributed by atoms with Crippen LogP contribution in [0, 0.1) is 0 Å². The van der Waals surface area contributed by atoms with E-state index in [-0.39, 0.29) is 34.1 Å². The molecule has 0 atom stereocenters. The number of amides is 2. The lowest BCUT2D eigenvalue weighted by Crippen LogP contribution is -2.34. The minimum absolute atomic E-state index is 0.0295. The van der Waals surface area contributed by atoms with Gasteiger partial charge in [-0.15, -0.1) is 0 Å². The molecule has 0 saturated heterocycles. The first kappa shape index (κ1) is 25.9. The molecule has 3 aromatic rings. The first-order valence-electron chi connectivity index (χ1n) is 11.4. The monoisotopic (exact) mass is 524 g/mol. The molecule has 3 aromatic carbocycles. The smallest absolute Gasteiger partial charge is 0.323 e. The van der Waals surface area contributed by atoms with Crippen LogP contribution in [-0.4, -0.2) is 49.4 Å². The number of fused-ring (bicyclic) bond motifs is 1. The first-order chi connectivity index (χ1) is 17.8. The van der Waals surface area contributed by atoms with Gasteiger partial charge in [0.05, 0.1) is 28.3 Å². The number of carbonyl (C=O) groups excluding carboxylic acids is 2. The van der Waals surface area contributed by atoms with Crippen molar-refractivity contribution in [2.45, 2.75) is 24.2 Å². The van der Waals surface area contributed by atoms with Gasteiger partial charge in [-0.25, -0.2) is 8.42 Å². The number of carboxylic acids is 1. The van der Waals surface area contributed by atoms with Crippen LogP contribution in [0.25, 0.3) is 0 Å². The molecule has 1 aliphatic rings. The molecule has 0 saturated carbocycles. The zero-order chi connectivity index (χ0) is 26.4. The molecule has 1 aliphatic heterocycles. The molecule has 0 unspecified atom stereocenters. The summed E-state index contributed by atoms with van der Waals surface area (Å²) in [5.41, 5.74) is 0.794. The molecule has 11 heteroatoms. The molecule has 0 spiro atoms. The van der Waals surface area contributed by atoms with Crippen LogP contribution < -0.4 is 9.61 Å². The number of benzene rings is 3. The fourth-order valence-corrected chi connectivity index (χ4v) is 4.87. The second-order valence-electron chi connectivity index (χ2n) is 8.25. The standard InChI is InChI=1S/C26H24N2O8S/c29-24(30)17-28-25(31)20-15-22(27-37(33,34)19-12-5-2-6-13-19)23(16-21(20)26(28)32)36-35-14-8-7-11-18-9-3-1-4-10-18/h1-6,9-10,12-13,15-16,27H,7-8,11,14,17H2,(H,29,30). The lowest BCUT2D eigenvalue weighted by Gasteiger charge is -2.14. The summed E-state index contributed by atoms with van der Waals surface area (Å²) in [6.07, 6.45) is 2.32. The van der Waals surface area contributed by atoms with Crippen molar-refractivity contribution in [2.24, 2.45) is 0 Å². The fourth-order valence-electron chi connectivity index (χ4n) is 3.79. The average molecular weight is 525 g/mol. The van der Waals surface area contributed by atoms with E-state index < -0.39 is 34.4 Å². The van der Waals surface area contributed by atoms with E-state index in [4.69, 9.17) is 14.9 Å². The normalized spacial score (nSPS) is 12.9. The second kappa shape index (κ2) is 11.2. The molecule has 10 nitrogen and oxygen atoms in total. The molecule has 4 rings (SSSR count). The van der Waals surface area contributed by atoms with E-state index in [1.54, 1.807) is 18.2 Å². The number of nitrogens with zero attached hydrogens (tertiary/aromatic N) is 1. The van der Waals surface area contributed by atoms with Crippen LogP contribution in [0.5, 0.6) is 5.75 Å². The molecular weight excluding hydrogens is 500 g/mol. The van der Waals surface area contributed by atoms with Gasteiger partial charge in [-0.3, -0.25) is 24.0 Å². The van der Waals surface area contributed by atoms with Gasteiger partial charge in [0.2, 0.25) is 0 Å². The van der Waals surface area contributed by atoms with Gasteiger partial charge in [-0.05, 0) is 43.0 Å². The number of unbranched alkanes of at least 4 members (excludes halogenated alkanes) is 1. The van der Waals surface area contributed by atoms with E-state index in [2.05, 4.69) is 4.72 Å². The number of hydrogen-bond acceptors (Lipinski definition) is 7. The largest absolute Gasteiger partial charge is 0.480 e. The van der Waals surface area contributed by atoms with Crippen LogP contribution >= 0.6 is 0 Å². The Bertz CT molecular complexity index is 1410. The van der Waals surface area contributed by atoms with Crippen LogP contribution in [0.3, 0.4) is 0 Å². The van der Waals surface area contributed by atoms with Gasteiger partial charge >= 0.3 is 5.97 Å². The average Bonchev–Trinajstić information content (AvgIpc) is 3.10. The van der Waals surface area contributed by atoms with Gasteiger partial charge in [0.1, 0.15) is 6.54 Å². The predicted molar refractivity (Wildman–Crippen MR) is 133 cm³/mol. The van der Waals surface area contributed by atoms with Crippen molar-refractivity contribution in [3.05, 3.63) is 89.5 Å². The van der Waals surface area contributed by atoms with E-state index in [1.807, 2.05) is 30.3 Å². The Morgan fingerprint density at radius 2 is 1.51 bits per heavy atom. The predicted octanol–water partition coefficient (Wildman–Crippen LogP) is 3.50. The number of hydrogen-bond donors (Lipinski definition) is 2. The maximum atomic E-state index is 12.9. The third-order valence-electron chi connectivity index (χ3n) is 5.60. The van der Waals surface area contributed by atoms with Crippen molar-refractivity contribution in [2.75, 3.05) is 17.9 Å². The maximum Gasteiger partial charge on any atom is 0.323 e. The minimum atomic E-state index is -4.08. The summed E-state index contributed by atoms with van der Waals surface area (Å²) in [7, 11) is -4.08. The van der Waals surface area contributed by atoms with Crippen molar-refractivity contribution in [3.8, 4) is 5.75 Å². The van der Waals surface area contributed by atoms with E-state index in [0.29, 0.717) is 11.3 Å². The number of anilines is 1. The number of aryl methyl sites for hydroxylation is 1. The summed E-state index contributed by atoms with van der Waals surface area (Å²) in [4.78, 5) is 47.7. The molecule has 2 N–H and O–H groups in total. The summed E-state index contributed by atoms with van der Waals surface area (Å²) >= 11 is 0. The van der Waals surface area contributed by atoms with Crippen molar-refractivity contribution in [1.29, 1.82) is 0 Å². The van der Waals surface area contributed by atoms with E-state index in [1.165, 1.54) is 23.8 Å². The summed E-state index contributed by atoms with van der Waals surface area (Å²) < 4.78 is 28.2. The zero-order valence-corrected chi connectivity index (χ0v) is 20.4. The van der Waals surface area contributed by atoms with Crippen molar-refractivity contribution in [3.63, 3.8) is 0 Å². The molecule has 0 aliphatic carbocycles. The molecule has 0 aromatic heterocycles. The van der Waals surface area contributed by atoms with Crippen molar-refractivity contribution >= 4 is 33.5 Å². The quantitative estimate of drug-likeness (QED) is 0.159. The van der Waals surface area contributed by atoms with Crippen LogP contribution in [0.1, 0.15) is 39.1 Å². The Morgan fingerprint density at radius 3 is 2.16 bits per heavy atom. The molecule has 0 radical (unpaired) electrons. The van der Waals surface area contributed by atoms with Gasteiger partial charge in [-0.2, -0.15) is 4.89 Å². The Balaban J connectivity index is 1.52. The second-order valence-corrected chi connectivity index (χ2v) is 9.93. The van der Waals surface area contributed by atoms with Crippen LogP contribution in [-0.2, 0) is 26.1 Å². The Hall–Kier alpha value is -4.22. The topological polar surface area (TPSA) is 139 Å². The molecular formula is C26H24N2O8S. The Labute approximate surface area is 213 Å². The molecule has 2 amide bonds. The first-order valence-corrected chi connectivity index (χ1v) is 12.9. The number of sulfonamides is 1. The van der Waals surface area contributed by atoms with Crippen LogP contribution in [0.2, 0.25) is 0 Å². The number of imide groups is 1. The van der Waals surface area contributed by atoms with E-state index >= 15 is 0 Å². The van der Waals surface area contributed by atoms with Crippen LogP contribution in [0.4, 0.5) is 5.69 Å². The SMILES string of the molecule is O=C(O)CN1C(=O)c2cc(NS(=O)(=O)c3ccccc3)c(OOCCCCc3ccccc3)cc2C1=O. The zero-order valence-electron chi connectivity index (χ0n) is 19.6. The van der Waals surface area contributed by atoms with Gasteiger partial charge in [0.15, 0.2) is 5.75 Å². The summed E-state index contributed by atoms with van der Waals surface area (Å²) in [6.45, 7) is -0.641. The van der Waals surface area contributed by atoms with E-state index in [9.17, 15) is 22.8 Å². The Morgan fingerprint density at radius 1 is 0.892 bits per heavy atom. The number of rotatable bonds is 12. The van der Waals surface area contributed by atoms with Gasteiger partial charge < -0.3 is 9.99 Å². The summed E-state index contributed by atoms with van der Waals surface area (Å²) in [6, 6.07) is 19.8. The highest BCUT2D eigenvalue weighted by Crippen LogP contribution is 2.35. The summed E-state index contributed by atoms with van der Waals surface area (Å²) in [5, 5.41) is 9.05. The van der Waals surface area contributed by atoms with Crippen molar-refractivity contribution < 1.29 is 37.7 Å². The third kappa shape index (κ3) is 6.13. The molecule has 37 heavy (non-hydrogen) atoms. The molecule has 0 bridgehead atoms. The highest BCUT2D eigenvalue weighted by Gasteiger charge is 2.38.